The molecule has 0 aliphatic carbocycles. The highest BCUT2D eigenvalue weighted by molar-refractivity contribution is 7.89. The van der Waals surface area contributed by atoms with E-state index in [9.17, 15) is 22.9 Å². The van der Waals surface area contributed by atoms with Gasteiger partial charge in [-0.3, -0.25) is 10.1 Å². The largest absolute Gasteiger partial charge is 0.306 e. The summed E-state index contributed by atoms with van der Waals surface area (Å²) in [7, 11) is -3.91. The zero-order valence-corrected chi connectivity index (χ0v) is 13.0. The molecular formula is C13H19FN2O4S. The number of aryl methyl sites for hydroxylation is 1. The number of nitro groups is 1. The van der Waals surface area contributed by atoms with E-state index in [0.29, 0.717) is 6.42 Å². The van der Waals surface area contributed by atoms with Crippen molar-refractivity contribution < 1.29 is 17.7 Å². The van der Waals surface area contributed by atoms with E-state index in [0.717, 1.165) is 25.0 Å². The number of unbranched alkanes of at least 4 members (excludes halogenated alkanes) is 1. The Labute approximate surface area is 123 Å². The Kier molecular flexibility index (Phi) is 5.79. The second-order valence-corrected chi connectivity index (χ2v) is 6.67. The molecule has 1 atom stereocenters. The standard InChI is InChI=1S/C13H19FN2O4S/c1-4-5-6-10(3)15-21(19,20)13-8-12(16(17)18)11(14)7-9(13)2/h7-8,10,15H,4-6H2,1-3H3. The van der Waals surface area contributed by atoms with Crippen molar-refractivity contribution in [2.75, 3.05) is 0 Å². The lowest BCUT2D eigenvalue weighted by atomic mass is 10.2. The molecule has 0 aliphatic heterocycles. The van der Waals surface area contributed by atoms with Crippen LogP contribution in [0.2, 0.25) is 0 Å². The zero-order chi connectivity index (χ0) is 16.2. The number of hydrogen-bond acceptors (Lipinski definition) is 4. The number of benzene rings is 1. The van der Waals surface area contributed by atoms with E-state index >= 15 is 0 Å². The summed E-state index contributed by atoms with van der Waals surface area (Å²) < 4.78 is 40.4. The molecule has 1 rings (SSSR count). The predicted molar refractivity (Wildman–Crippen MR) is 77.1 cm³/mol. The fraction of sp³-hybridized carbons (Fsp3) is 0.538. The summed E-state index contributed by atoms with van der Waals surface area (Å²) in [5, 5.41) is 10.7. The van der Waals surface area contributed by atoms with Crippen LogP contribution in [0.3, 0.4) is 0 Å². The van der Waals surface area contributed by atoms with E-state index < -0.39 is 26.5 Å². The summed E-state index contributed by atoms with van der Waals surface area (Å²) >= 11 is 0. The van der Waals surface area contributed by atoms with Crippen LogP contribution in [0.4, 0.5) is 10.1 Å². The third kappa shape index (κ3) is 4.47. The van der Waals surface area contributed by atoms with Crippen molar-refractivity contribution in [2.24, 2.45) is 0 Å². The molecule has 8 heteroatoms. The fourth-order valence-electron chi connectivity index (χ4n) is 1.97. The molecule has 1 N–H and O–H groups in total. The first-order valence-corrected chi connectivity index (χ1v) is 8.14. The van der Waals surface area contributed by atoms with Crippen molar-refractivity contribution in [1.29, 1.82) is 0 Å². The van der Waals surface area contributed by atoms with Gasteiger partial charge in [-0.05, 0) is 31.9 Å². The number of nitro benzene ring substituents is 1. The van der Waals surface area contributed by atoms with E-state index in [1.54, 1.807) is 6.92 Å². The number of sulfonamides is 1. The molecule has 0 aromatic heterocycles. The molecule has 0 heterocycles. The van der Waals surface area contributed by atoms with Gasteiger partial charge in [-0.1, -0.05) is 19.8 Å². The van der Waals surface area contributed by atoms with Gasteiger partial charge >= 0.3 is 5.69 Å². The lowest BCUT2D eigenvalue weighted by Crippen LogP contribution is -2.33. The first-order valence-electron chi connectivity index (χ1n) is 6.66. The van der Waals surface area contributed by atoms with Gasteiger partial charge in [0.25, 0.3) is 0 Å². The minimum absolute atomic E-state index is 0.133. The van der Waals surface area contributed by atoms with E-state index in [2.05, 4.69) is 4.72 Å². The van der Waals surface area contributed by atoms with Gasteiger partial charge in [-0.25, -0.2) is 13.1 Å². The Bertz CT molecular complexity index is 631. The number of nitrogens with one attached hydrogen (secondary N) is 1. The number of nitrogens with zero attached hydrogens (tertiary/aromatic N) is 1. The highest BCUT2D eigenvalue weighted by atomic mass is 32.2. The molecule has 1 aromatic carbocycles. The second kappa shape index (κ2) is 6.95. The first-order chi connectivity index (χ1) is 9.69. The maximum absolute atomic E-state index is 13.4. The van der Waals surface area contributed by atoms with E-state index in [4.69, 9.17) is 0 Å². The molecule has 1 aromatic rings. The Morgan fingerprint density at radius 2 is 2.05 bits per heavy atom. The van der Waals surface area contributed by atoms with Gasteiger partial charge in [0.05, 0.1) is 9.82 Å². The maximum Gasteiger partial charge on any atom is 0.306 e. The van der Waals surface area contributed by atoms with Crippen LogP contribution < -0.4 is 4.72 Å². The van der Waals surface area contributed by atoms with Gasteiger partial charge in [-0.2, -0.15) is 4.39 Å². The summed E-state index contributed by atoms with van der Waals surface area (Å²) in [4.78, 5) is 9.53. The minimum atomic E-state index is -3.91. The summed E-state index contributed by atoms with van der Waals surface area (Å²) in [6.07, 6.45) is 2.47. The van der Waals surface area contributed by atoms with Crippen molar-refractivity contribution in [3.05, 3.63) is 33.6 Å². The average Bonchev–Trinajstić information content (AvgIpc) is 2.34. The van der Waals surface area contributed by atoms with Crippen LogP contribution in [0.25, 0.3) is 0 Å². The monoisotopic (exact) mass is 318 g/mol. The molecule has 0 spiro atoms. The van der Waals surface area contributed by atoms with Crippen LogP contribution in [0, 0.1) is 22.9 Å². The molecule has 0 fully saturated rings. The molecule has 0 radical (unpaired) electrons. The smallest absolute Gasteiger partial charge is 0.258 e. The molecule has 0 bridgehead atoms. The predicted octanol–water partition coefficient (Wildman–Crippen LogP) is 2.90. The normalized spacial score (nSPS) is 13.1. The van der Waals surface area contributed by atoms with E-state index in [1.165, 1.54) is 6.92 Å². The summed E-state index contributed by atoms with van der Waals surface area (Å²) in [6, 6.07) is 1.33. The lowest BCUT2D eigenvalue weighted by molar-refractivity contribution is -0.387. The Hall–Kier alpha value is -1.54. The average molecular weight is 318 g/mol. The maximum atomic E-state index is 13.4. The topological polar surface area (TPSA) is 89.3 Å². The molecule has 0 aliphatic rings. The molecule has 21 heavy (non-hydrogen) atoms. The molecule has 0 saturated heterocycles. The summed E-state index contributed by atoms with van der Waals surface area (Å²) in [5.41, 5.74) is -0.713. The van der Waals surface area contributed by atoms with Crippen molar-refractivity contribution in [3.8, 4) is 0 Å². The SMILES string of the molecule is CCCCC(C)NS(=O)(=O)c1cc([N+](=O)[O-])c(F)cc1C. The van der Waals surface area contributed by atoms with Crippen LogP contribution in [0.15, 0.2) is 17.0 Å². The second-order valence-electron chi connectivity index (χ2n) is 4.99. The quantitative estimate of drug-likeness (QED) is 0.618. The van der Waals surface area contributed by atoms with Crippen LogP contribution in [-0.2, 0) is 10.0 Å². The van der Waals surface area contributed by atoms with Gasteiger partial charge in [0.2, 0.25) is 15.8 Å². The van der Waals surface area contributed by atoms with Crippen LogP contribution >= 0.6 is 0 Å². The number of rotatable bonds is 7. The van der Waals surface area contributed by atoms with Crippen LogP contribution in [0.1, 0.15) is 38.7 Å². The molecular weight excluding hydrogens is 299 g/mol. The van der Waals surface area contributed by atoms with Gasteiger partial charge in [-0.15, -0.1) is 0 Å². The van der Waals surface area contributed by atoms with Gasteiger partial charge in [0.15, 0.2) is 0 Å². The lowest BCUT2D eigenvalue weighted by Gasteiger charge is -2.15. The van der Waals surface area contributed by atoms with Crippen LogP contribution in [0.5, 0.6) is 0 Å². The number of hydrogen-bond donors (Lipinski definition) is 1. The van der Waals surface area contributed by atoms with Crippen molar-refractivity contribution in [3.63, 3.8) is 0 Å². The Balaban J connectivity index is 3.13. The van der Waals surface area contributed by atoms with Crippen molar-refractivity contribution >= 4 is 15.7 Å². The summed E-state index contributed by atoms with van der Waals surface area (Å²) in [6.45, 7) is 5.12. The van der Waals surface area contributed by atoms with Crippen LogP contribution in [-0.4, -0.2) is 19.4 Å². The highest BCUT2D eigenvalue weighted by Gasteiger charge is 2.25. The highest BCUT2D eigenvalue weighted by Crippen LogP contribution is 2.25. The molecule has 1 unspecified atom stereocenters. The van der Waals surface area contributed by atoms with Gasteiger partial charge in [0.1, 0.15) is 0 Å². The van der Waals surface area contributed by atoms with Crippen molar-refractivity contribution in [1.82, 2.24) is 4.72 Å². The molecule has 0 amide bonds. The minimum Gasteiger partial charge on any atom is -0.258 e. The molecule has 118 valence electrons. The molecule has 6 nitrogen and oxygen atoms in total. The Morgan fingerprint density at radius 1 is 1.43 bits per heavy atom. The first kappa shape index (κ1) is 17.5. The van der Waals surface area contributed by atoms with E-state index in [-0.39, 0.29) is 16.5 Å². The fourth-order valence-corrected chi connectivity index (χ4v) is 3.49. The van der Waals surface area contributed by atoms with E-state index in [1.807, 2.05) is 6.92 Å². The Morgan fingerprint density at radius 3 is 2.57 bits per heavy atom. The van der Waals surface area contributed by atoms with Gasteiger partial charge in [0, 0.05) is 12.1 Å². The number of halogens is 1. The van der Waals surface area contributed by atoms with Crippen molar-refractivity contribution in [2.45, 2.75) is 51.0 Å². The third-order valence-corrected chi connectivity index (χ3v) is 4.81. The molecule has 0 saturated carbocycles. The van der Waals surface area contributed by atoms with Gasteiger partial charge < -0.3 is 0 Å². The zero-order valence-electron chi connectivity index (χ0n) is 12.2. The summed E-state index contributed by atoms with van der Waals surface area (Å²) in [5.74, 6) is -1.05. The third-order valence-electron chi connectivity index (χ3n) is 3.08.